The van der Waals surface area contributed by atoms with Crippen molar-refractivity contribution < 1.29 is 37.2 Å². The highest BCUT2D eigenvalue weighted by Gasteiger charge is 2.43. The van der Waals surface area contributed by atoms with Crippen molar-refractivity contribution in [3.05, 3.63) is 97.4 Å². The Balaban J connectivity index is 0.000000161. The lowest BCUT2D eigenvalue weighted by atomic mass is 9.73. The molecule has 0 spiro atoms. The van der Waals surface area contributed by atoms with Gasteiger partial charge in [0.1, 0.15) is 11.5 Å². The van der Waals surface area contributed by atoms with Crippen LogP contribution < -0.4 is 9.47 Å². The Kier molecular flexibility index (Phi) is 12.1. The van der Waals surface area contributed by atoms with Gasteiger partial charge in [0.2, 0.25) is 0 Å². The fraction of sp³-hybridized carbons (Fsp3) is 0.450. The molecule has 6 aliphatic rings. The number of fused-ring (bicyclic) bond motifs is 8. The monoisotopic (exact) mass is 746 g/mol. The van der Waals surface area contributed by atoms with E-state index < -0.39 is 22.6 Å². The highest BCUT2D eigenvalue weighted by atomic mass is 32.3. The lowest BCUT2D eigenvalue weighted by molar-refractivity contribution is -0.0445. The predicted octanol–water partition coefficient (Wildman–Crippen LogP) is 5.69. The summed E-state index contributed by atoms with van der Waals surface area (Å²) in [7, 11) is -1.34. The van der Waals surface area contributed by atoms with Crippen LogP contribution >= 0.6 is 0 Å². The van der Waals surface area contributed by atoms with Crippen molar-refractivity contribution in [3.63, 3.8) is 0 Å². The van der Waals surface area contributed by atoms with Crippen LogP contribution in [0, 0.1) is 23.7 Å². The molecule has 2 unspecified atom stereocenters. The highest BCUT2D eigenvalue weighted by molar-refractivity contribution is 7.79. The number of pyridine rings is 2. The van der Waals surface area contributed by atoms with Gasteiger partial charge in [-0.2, -0.15) is 8.42 Å². The molecular weight excluding hydrogens is 697 g/mol. The number of aromatic nitrogens is 2. The molecule has 284 valence electrons. The fourth-order valence-corrected chi connectivity index (χ4v) is 8.89. The molecule has 4 bridgehead atoms. The molecule has 12 nitrogen and oxygen atoms in total. The molecule has 8 heterocycles. The Morgan fingerprint density at radius 2 is 1.13 bits per heavy atom. The van der Waals surface area contributed by atoms with Crippen molar-refractivity contribution in [3.8, 4) is 11.5 Å². The zero-order chi connectivity index (χ0) is 37.9. The van der Waals surface area contributed by atoms with Gasteiger partial charge in [-0.25, -0.2) is 0 Å². The number of ether oxygens (including phenoxy) is 2. The van der Waals surface area contributed by atoms with E-state index in [4.69, 9.17) is 27.0 Å². The van der Waals surface area contributed by atoms with Crippen molar-refractivity contribution in [2.45, 2.75) is 50.0 Å². The lowest BCUT2D eigenvalue weighted by Crippen LogP contribution is -2.54. The second-order valence-corrected chi connectivity index (χ2v) is 15.3. The van der Waals surface area contributed by atoms with Crippen LogP contribution in [0.3, 0.4) is 0 Å². The topological polar surface area (TPSA) is 166 Å². The summed E-state index contributed by atoms with van der Waals surface area (Å²) in [6.07, 6.45) is 11.2. The van der Waals surface area contributed by atoms with Gasteiger partial charge in [-0.3, -0.25) is 28.9 Å². The van der Waals surface area contributed by atoms with E-state index in [-0.39, 0.29) is 12.1 Å². The molecule has 13 heteroatoms. The van der Waals surface area contributed by atoms with E-state index in [9.17, 15) is 10.2 Å². The summed E-state index contributed by atoms with van der Waals surface area (Å²) in [5.74, 6) is 4.01. The van der Waals surface area contributed by atoms with Crippen LogP contribution in [0.25, 0.3) is 21.8 Å². The van der Waals surface area contributed by atoms with Gasteiger partial charge in [0.25, 0.3) is 0 Å². The minimum atomic E-state index is -4.67. The summed E-state index contributed by atoms with van der Waals surface area (Å²) in [6.45, 7) is 12.1. The molecule has 2 aromatic heterocycles. The quantitative estimate of drug-likeness (QED) is 0.129. The normalized spacial score (nSPS) is 28.5. The molecule has 53 heavy (non-hydrogen) atoms. The maximum absolute atomic E-state index is 11.2. The minimum Gasteiger partial charge on any atom is -0.497 e. The second-order valence-electron chi connectivity index (χ2n) is 14.4. The van der Waals surface area contributed by atoms with E-state index in [0.717, 1.165) is 83.5 Å². The van der Waals surface area contributed by atoms with Crippen LogP contribution in [0.5, 0.6) is 11.5 Å². The minimum absolute atomic E-state index is 0.178. The molecule has 0 amide bonds. The van der Waals surface area contributed by atoms with Crippen molar-refractivity contribution in [1.82, 2.24) is 19.8 Å². The first kappa shape index (κ1) is 38.8. The molecule has 0 radical (unpaired) electrons. The van der Waals surface area contributed by atoms with Crippen LogP contribution in [-0.2, 0) is 10.4 Å². The van der Waals surface area contributed by atoms with Crippen molar-refractivity contribution in [1.29, 1.82) is 0 Å². The van der Waals surface area contributed by atoms with E-state index >= 15 is 0 Å². The van der Waals surface area contributed by atoms with Gasteiger partial charge in [-0.15, -0.1) is 13.2 Å². The summed E-state index contributed by atoms with van der Waals surface area (Å²) >= 11 is 0. The van der Waals surface area contributed by atoms with Crippen LogP contribution in [0.4, 0.5) is 0 Å². The zero-order valence-electron chi connectivity index (χ0n) is 30.2. The zero-order valence-corrected chi connectivity index (χ0v) is 31.1. The summed E-state index contributed by atoms with van der Waals surface area (Å²) in [4.78, 5) is 13.7. The number of methoxy groups -OCH3 is 2. The SMILES string of the molecule is C=C[C@H]1CN2CC[C@@H]1C[C@@H]2[C@@H](O)c1ccnc2ccc(OC)cc12.C=C[C@H]1CN2CC[C@@H]1C[C@@H]2[C@@H](O)c1ccnc2ccc(OC)cc12.O=S(=O)(O)O. The van der Waals surface area contributed by atoms with E-state index in [1.54, 1.807) is 26.6 Å². The molecular formula is C40H50N4O8S. The molecule has 6 saturated heterocycles. The fourth-order valence-electron chi connectivity index (χ4n) is 8.89. The number of aliphatic hydroxyl groups excluding tert-OH is 2. The first-order valence-corrected chi connectivity index (χ1v) is 19.5. The summed E-state index contributed by atoms with van der Waals surface area (Å²) in [5, 5.41) is 24.3. The van der Waals surface area contributed by atoms with Crippen LogP contribution in [0.2, 0.25) is 0 Å². The van der Waals surface area contributed by atoms with E-state index in [1.165, 1.54) is 12.8 Å². The van der Waals surface area contributed by atoms with E-state index in [1.807, 2.05) is 48.5 Å². The summed E-state index contributed by atoms with van der Waals surface area (Å²) < 4.78 is 42.3. The van der Waals surface area contributed by atoms with E-state index in [0.29, 0.717) is 23.7 Å². The van der Waals surface area contributed by atoms with Crippen molar-refractivity contribution >= 4 is 32.2 Å². The molecule has 0 aliphatic carbocycles. The smallest absolute Gasteiger partial charge is 0.394 e. The Labute approximate surface area is 311 Å². The van der Waals surface area contributed by atoms with Gasteiger partial charge in [0.15, 0.2) is 0 Å². The number of hydrogen-bond acceptors (Lipinski definition) is 10. The maximum atomic E-state index is 11.2. The average Bonchev–Trinajstić information content (AvgIpc) is 3.19. The third-order valence-corrected chi connectivity index (χ3v) is 11.6. The summed E-state index contributed by atoms with van der Waals surface area (Å²) in [6, 6.07) is 15.9. The third kappa shape index (κ3) is 8.73. The van der Waals surface area contributed by atoms with E-state index in [2.05, 4.69) is 45.1 Å². The first-order chi connectivity index (χ1) is 25.4. The lowest BCUT2D eigenvalue weighted by Gasteiger charge is -2.50. The van der Waals surface area contributed by atoms with Crippen molar-refractivity contribution in [2.24, 2.45) is 23.7 Å². The van der Waals surface area contributed by atoms with Crippen LogP contribution in [-0.4, -0.2) is 100.0 Å². The first-order valence-electron chi connectivity index (χ1n) is 18.1. The number of hydrogen-bond donors (Lipinski definition) is 4. The van der Waals surface area contributed by atoms with Gasteiger partial charge >= 0.3 is 10.4 Å². The molecule has 10 rings (SSSR count). The molecule has 6 fully saturated rings. The van der Waals surface area contributed by atoms with Crippen LogP contribution in [0.15, 0.2) is 86.2 Å². The second kappa shape index (κ2) is 16.6. The number of aliphatic hydroxyl groups is 2. The van der Waals surface area contributed by atoms with Gasteiger partial charge in [0, 0.05) is 48.3 Å². The molecule has 4 N–H and O–H groups in total. The number of rotatable bonds is 8. The number of benzene rings is 2. The molecule has 4 aromatic rings. The van der Waals surface area contributed by atoms with Gasteiger partial charge in [0.05, 0.1) is 37.5 Å². The highest BCUT2D eigenvalue weighted by Crippen LogP contribution is 2.43. The molecule has 10 atom stereocenters. The van der Waals surface area contributed by atoms with Gasteiger partial charge < -0.3 is 19.7 Å². The third-order valence-electron chi connectivity index (χ3n) is 11.6. The Morgan fingerprint density at radius 1 is 0.736 bits per heavy atom. The largest absolute Gasteiger partial charge is 0.497 e. The molecule has 6 aliphatic heterocycles. The standard InChI is InChI=1S/2C20H24N2O2.H2O4S/c2*1-3-13-12-22-9-7-14(13)10-19(22)20(23)16-6-8-21-18-5-4-15(24-2)11-17(16)18;1-5(2,3)4/h2*3-6,8,11,13-14,19-20,23H,1,7,9-10,12H2,2H3;(H2,1,2,3,4)/t2*13-,14+,19+,20-;/m00./s1. The predicted molar refractivity (Wildman–Crippen MR) is 204 cm³/mol. The van der Waals surface area contributed by atoms with Crippen LogP contribution in [0.1, 0.15) is 49.0 Å². The average molecular weight is 747 g/mol. The number of nitrogens with zero attached hydrogens (tertiary/aromatic N) is 4. The Morgan fingerprint density at radius 3 is 1.45 bits per heavy atom. The summed E-state index contributed by atoms with van der Waals surface area (Å²) in [5.41, 5.74) is 3.69. The van der Waals surface area contributed by atoms with Crippen molar-refractivity contribution in [2.75, 3.05) is 40.4 Å². The Bertz CT molecular complexity index is 1890. The van der Waals surface area contributed by atoms with Gasteiger partial charge in [-0.1, -0.05) is 12.2 Å². The molecule has 2 aromatic carbocycles. The van der Waals surface area contributed by atoms with Gasteiger partial charge in [-0.05, 0) is 122 Å². The maximum Gasteiger partial charge on any atom is 0.394 e. The number of piperidine rings is 6. The Hall–Kier alpha value is -3.95. The molecule has 0 saturated carbocycles.